The van der Waals surface area contributed by atoms with Gasteiger partial charge in [-0.15, -0.1) is 0 Å². The number of aryl methyl sites for hydroxylation is 2. The monoisotopic (exact) mass is 483 g/mol. The van der Waals surface area contributed by atoms with Gasteiger partial charge in [0, 0.05) is 22.9 Å². The van der Waals surface area contributed by atoms with Crippen LogP contribution in [0.25, 0.3) is 44.9 Å². The van der Waals surface area contributed by atoms with E-state index in [1.54, 1.807) is 13.3 Å². The van der Waals surface area contributed by atoms with E-state index in [-0.39, 0.29) is 0 Å². The maximum Gasteiger partial charge on any atom is 0.126 e. The van der Waals surface area contributed by atoms with Gasteiger partial charge in [-0.05, 0) is 77.9 Å². The Morgan fingerprint density at radius 2 is 1.57 bits per heavy atom. The predicted octanol–water partition coefficient (Wildman–Crippen LogP) is 8.20. The largest absolute Gasteiger partial charge is 0.496 e. The first-order valence-corrected chi connectivity index (χ1v) is 12.5. The number of rotatable bonds is 5. The van der Waals surface area contributed by atoms with Crippen LogP contribution >= 0.6 is 0 Å². The number of fused-ring (bicyclic) bond motifs is 1. The summed E-state index contributed by atoms with van der Waals surface area (Å²) in [5, 5.41) is 10.5. The lowest BCUT2D eigenvalue weighted by atomic mass is 9.92. The minimum absolute atomic E-state index is 0.408. The Bertz CT molecular complexity index is 1610. The van der Waals surface area contributed by atoms with E-state index in [4.69, 9.17) is 9.72 Å². The Hall–Kier alpha value is -4.49. The summed E-state index contributed by atoms with van der Waals surface area (Å²) >= 11 is 0. The fraction of sp³-hybridized carbons (Fsp3) is 0.182. The van der Waals surface area contributed by atoms with Crippen LogP contribution in [0.2, 0.25) is 0 Å². The van der Waals surface area contributed by atoms with Crippen LogP contribution in [0.3, 0.4) is 0 Å². The number of para-hydroxylation sites is 1. The SMILES string of the molecule is COc1ccccc1-c1cc(-c2ccccn2)nc(-c2cc(C)c3cc(C(C)C)ccc(C)c2-3)c1C#N. The Balaban J connectivity index is 1.87. The molecule has 0 fully saturated rings. The minimum Gasteiger partial charge on any atom is -0.496 e. The number of ether oxygens (including phenoxy) is 1. The van der Waals surface area contributed by atoms with Crippen molar-refractivity contribution in [2.45, 2.75) is 33.6 Å². The third-order valence-electron chi connectivity index (χ3n) is 6.93. The standard InChI is InChI=1S/C33H29N3O/c1-20(2)23-14-13-21(3)32-25(17-23)22(4)16-27(32)33-28(19-34)26(24-10-6-7-12-31(24)37-5)18-30(36-33)29-11-8-9-15-35-29/h6-18,20H,1-5H3. The quantitative estimate of drug-likeness (QED) is 0.253. The fourth-order valence-corrected chi connectivity index (χ4v) is 4.96. The van der Waals surface area contributed by atoms with Crippen molar-refractivity contribution in [1.82, 2.24) is 9.97 Å². The highest BCUT2D eigenvalue weighted by molar-refractivity contribution is 5.94. The summed E-state index contributed by atoms with van der Waals surface area (Å²) in [7, 11) is 1.65. The van der Waals surface area contributed by atoms with Crippen molar-refractivity contribution in [3.8, 4) is 56.7 Å². The number of pyridine rings is 2. The van der Waals surface area contributed by atoms with E-state index in [1.807, 2.05) is 48.5 Å². The average molecular weight is 484 g/mol. The minimum atomic E-state index is 0.408. The molecule has 2 aliphatic rings. The smallest absolute Gasteiger partial charge is 0.126 e. The summed E-state index contributed by atoms with van der Waals surface area (Å²) in [5.41, 5.74) is 11.1. The van der Waals surface area contributed by atoms with Crippen molar-refractivity contribution in [2.75, 3.05) is 7.11 Å². The van der Waals surface area contributed by atoms with Crippen LogP contribution in [-0.2, 0) is 0 Å². The van der Waals surface area contributed by atoms with Gasteiger partial charge in [-0.1, -0.05) is 56.3 Å². The number of methoxy groups -OCH3 is 1. The molecule has 182 valence electrons. The molecule has 3 aromatic rings. The Morgan fingerprint density at radius 1 is 0.784 bits per heavy atom. The second-order valence-electron chi connectivity index (χ2n) is 9.65. The van der Waals surface area contributed by atoms with E-state index >= 15 is 0 Å². The Labute approximate surface area is 218 Å². The van der Waals surface area contributed by atoms with Crippen molar-refractivity contribution in [3.05, 3.63) is 101 Å². The molecule has 2 heterocycles. The molecular formula is C33H29N3O. The highest BCUT2D eigenvalue weighted by Crippen LogP contribution is 2.45. The molecule has 4 nitrogen and oxygen atoms in total. The van der Waals surface area contributed by atoms with Crippen molar-refractivity contribution < 1.29 is 4.74 Å². The van der Waals surface area contributed by atoms with Crippen molar-refractivity contribution in [1.29, 1.82) is 5.26 Å². The van der Waals surface area contributed by atoms with Crippen molar-refractivity contribution >= 4 is 0 Å². The van der Waals surface area contributed by atoms with E-state index in [2.05, 4.69) is 63.0 Å². The van der Waals surface area contributed by atoms with Gasteiger partial charge in [0.15, 0.2) is 0 Å². The van der Waals surface area contributed by atoms with E-state index < -0.39 is 0 Å². The third-order valence-corrected chi connectivity index (χ3v) is 6.93. The zero-order chi connectivity index (χ0) is 26.1. The summed E-state index contributed by atoms with van der Waals surface area (Å²) in [6.07, 6.45) is 1.76. The van der Waals surface area contributed by atoms with Gasteiger partial charge in [0.2, 0.25) is 0 Å². The maximum absolute atomic E-state index is 10.5. The molecule has 0 saturated heterocycles. The van der Waals surface area contributed by atoms with Gasteiger partial charge in [0.1, 0.15) is 11.8 Å². The lowest BCUT2D eigenvalue weighted by Gasteiger charge is -2.15. The first kappa shape index (κ1) is 24.2. The van der Waals surface area contributed by atoms with Crippen LogP contribution in [0.15, 0.2) is 79.0 Å². The maximum atomic E-state index is 10.5. The molecule has 0 unspecified atom stereocenters. The van der Waals surface area contributed by atoms with Crippen LogP contribution in [0.4, 0.5) is 0 Å². The number of nitrogens with zero attached hydrogens (tertiary/aromatic N) is 3. The van der Waals surface area contributed by atoms with Gasteiger partial charge in [-0.25, -0.2) is 4.98 Å². The van der Waals surface area contributed by atoms with Crippen molar-refractivity contribution in [2.24, 2.45) is 0 Å². The molecule has 2 aromatic heterocycles. The normalized spacial score (nSPS) is 11.1. The molecule has 0 radical (unpaired) electrons. The summed E-state index contributed by atoms with van der Waals surface area (Å²) in [5.74, 6) is 1.11. The number of benzene rings is 1. The fourth-order valence-electron chi connectivity index (χ4n) is 4.96. The van der Waals surface area contributed by atoms with Crippen LogP contribution in [-0.4, -0.2) is 17.1 Å². The summed E-state index contributed by atoms with van der Waals surface area (Å²) in [6.45, 7) is 8.68. The van der Waals surface area contributed by atoms with Crippen LogP contribution in [0.5, 0.6) is 5.75 Å². The Morgan fingerprint density at radius 3 is 2.27 bits per heavy atom. The molecule has 0 bridgehead atoms. The summed E-state index contributed by atoms with van der Waals surface area (Å²) < 4.78 is 5.69. The highest BCUT2D eigenvalue weighted by atomic mass is 16.5. The molecule has 4 heteroatoms. The van der Waals surface area contributed by atoms with E-state index in [9.17, 15) is 5.26 Å². The topological polar surface area (TPSA) is 58.8 Å². The predicted molar refractivity (Wildman–Crippen MR) is 150 cm³/mol. The first-order chi connectivity index (χ1) is 17.9. The highest BCUT2D eigenvalue weighted by Gasteiger charge is 2.24. The van der Waals surface area contributed by atoms with Gasteiger partial charge < -0.3 is 4.74 Å². The summed E-state index contributed by atoms with van der Waals surface area (Å²) in [4.78, 5) is 9.65. The molecule has 2 aliphatic carbocycles. The van der Waals surface area contributed by atoms with Crippen molar-refractivity contribution in [3.63, 3.8) is 0 Å². The molecule has 1 aromatic carbocycles. The van der Waals surface area contributed by atoms with Crippen LogP contribution in [0.1, 0.15) is 42.0 Å². The van der Waals surface area contributed by atoms with Gasteiger partial charge in [-0.3, -0.25) is 4.98 Å². The second kappa shape index (κ2) is 9.87. The lowest BCUT2D eigenvalue weighted by Crippen LogP contribution is -1.99. The number of aromatic nitrogens is 2. The molecule has 5 rings (SSSR count). The van der Waals surface area contributed by atoms with Gasteiger partial charge >= 0.3 is 0 Å². The molecule has 0 amide bonds. The number of nitriles is 1. The van der Waals surface area contributed by atoms with Gasteiger partial charge in [-0.2, -0.15) is 5.26 Å². The van der Waals surface area contributed by atoms with E-state index in [0.717, 1.165) is 33.5 Å². The Kier molecular flexibility index (Phi) is 6.46. The number of hydrogen-bond acceptors (Lipinski definition) is 4. The lowest BCUT2D eigenvalue weighted by molar-refractivity contribution is 0.416. The van der Waals surface area contributed by atoms with Crippen LogP contribution in [0, 0.1) is 25.2 Å². The molecular weight excluding hydrogens is 454 g/mol. The molecule has 0 atom stereocenters. The molecule has 0 N–H and O–H groups in total. The van der Waals surface area contributed by atoms with E-state index in [1.165, 1.54) is 16.7 Å². The molecule has 0 spiro atoms. The van der Waals surface area contributed by atoms with Crippen LogP contribution < -0.4 is 4.74 Å². The zero-order valence-electron chi connectivity index (χ0n) is 21.8. The van der Waals surface area contributed by atoms with E-state index in [0.29, 0.717) is 28.6 Å². The number of hydrogen-bond donors (Lipinski definition) is 0. The molecule has 0 saturated carbocycles. The second-order valence-corrected chi connectivity index (χ2v) is 9.65. The molecule has 37 heavy (non-hydrogen) atoms. The zero-order valence-corrected chi connectivity index (χ0v) is 21.8. The third kappa shape index (κ3) is 4.34. The van der Waals surface area contributed by atoms with Gasteiger partial charge in [0.25, 0.3) is 0 Å². The first-order valence-electron chi connectivity index (χ1n) is 12.5. The van der Waals surface area contributed by atoms with Gasteiger partial charge in [0.05, 0.1) is 29.8 Å². The average Bonchev–Trinajstić information content (AvgIpc) is 3.14. The summed E-state index contributed by atoms with van der Waals surface area (Å²) in [6, 6.07) is 26.8. The molecule has 0 aliphatic heterocycles.